The van der Waals surface area contributed by atoms with Crippen molar-refractivity contribution in [3.63, 3.8) is 0 Å². The molecule has 2 aromatic rings. The average molecular weight is 366 g/mol. The van der Waals surface area contributed by atoms with E-state index in [1.165, 1.54) is 11.1 Å². The number of amides is 2. The molecule has 2 unspecified atom stereocenters. The molecule has 0 spiro atoms. The van der Waals surface area contributed by atoms with Gasteiger partial charge in [0.2, 0.25) is 0 Å². The van der Waals surface area contributed by atoms with Gasteiger partial charge in [-0.3, -0.25) is 0 Å². The maximum absolute atomic E-state index is 13.1. The second-order valence-corrected chi connectivity index (χ2v) is 7.20. The monoisotopic (exact) mass is 366 g/mol. The number of fused-ring (bicyclic) bond motifs is 1. The number of nitrogens with zero attached hydrogens (tertiary/aromatic N) is 1. The summed E-state index contributed by atoms with van der Waals surface area (Å²) in [6.07, 6.45) is 3.93. The van der Waals surface area contributed by atoms with Crippen molar-refractivity contribution in [3.05, 3.63) is 59.2 Å². The largest absolute Gasteiger partial charge is 0.497 e. The van der Waals surface area contributed by atoms with Gasteiger partial charge in [-0.25, -0.2) is 4.79 Å². The summed E-state index contributed by atoms with van der Waals surface area (Å²) >= 11 is 0. The molecule has 0 bridgehead atoms. The molecule has 2 amide bonds. The smallest absolute Gasteiger partial charge is 0.318 e. The molecule has 2 aliphatic rings. The summed E-state index contributed by atoms with van der Waals surface area (Å²) < 4.78 is 10.9. The second-order valence-electron chi connectivity index (χ2n) is 7.20. The van der Waals surface area contributed by atoms with Crippen LogP contribution in [0.5, 0.6) is 11.5 Å². The number of urea groups is 1. The lowest BCUT2D eigenvalue weighted by atomic mass is 10.0. The molecule has 0 radical (unpaired) electrons. The first kappa shape index (κ1) is 17.7. The first-order chi connectivity index (χ1) is 13.2. The lowest BCUT2D eigenvalue weighted by Gasteiger charge is -2.28. The van der Waals surface area contributed by atoms with E-state index in [0.717, 1.165) is 49.3 Å². The number of carbonyl (C=O) groups is 1. The van der Waals surface area contributed by atoms with Crippen LogP contribution in [0.25, 0.3) is 0 Å². The molecule has 1 N–H and O–H groups in total. The van der Waals surface area contributed by atoms with Gasteiger partial charge < -0.3 is 19.7 Å². The van der Waals surface area contributed by atoms with E-state index >= 15 is 0 Å². The molecule has 27 heavy (non-hydrogen) atoms. The standard InChI is InChI=1S/C22H26N2O3/c1-26-16-10-11-18(21(14-16)27-2)20-8-5-13-24(20)22(25)23-19-12-9-15-6-3-4-7-17(15)19/h3-4,6-7,10-11,14,19-20H,5,8-9,12-13H2,1-2H3,(H,23,25). The van der Waals surface area contributed by atoms with E-state index in [1.807, 2.05) is 29.2 Å². The van der Waals surface area contributed by atoms with Crippen LogP contribution in [0.3, 0.4) is 0 Å². The maximum atomic E-state index is 13.1. The Morgan fingerprint density at radius 3 is 2.74 bits per heavy atom. The number of benzene rings is 2. The predicted molar refractivity (Wildman–Crippen MR) is 104 cm³/mol. The van der Waals surface area contributed by atoms with Crippen LogP contribution in [-0.4, -0.2) is 31.7 Å². The number of rotatable bonds is 4. The summed E-state index contributed by atoms with van der Waals surface area (Å²) in [5, 5.41) is 3.26. The number of carbonyl (C=O) groups excluding carboxylic acids is 1. The van der Waals surface area contributed by atoms with Gasteiger partial charge in [0.25, 0.3) is 0 Å². The van der Waals surface area contributed by atoms with E-state index in [2.05, 4.69) is 23.5 Å². The number of likely N-dealkylation sites (tertiary alicyclic amines) is 1. The fraction of sp³-hybridized carbons (Fsp3) is 0.409. The second kappa shape index (κ2) is 7.51. The lowest BCUT2D eigenvalue weighted by molar-refractivity contribution is 0.188. The molecule has 1 heterocycles. The number of hydrogen-bond donors (Lipinski definition) is 1. The van der Waals surface area contributed by atoms with Gasteiger partial charge in [0.05, 0.1) is 26.3 Å². The summed E-state index contributed by atoms with van der Waals surface area (Å²) in [7, 11) is 3.30. The Bertz CT molecular complexity index is 836. The van der Waals surface area contributed by atoms with Gasteiger partial charge in [-0.05, 0) is 48.9 Å². The van der Waals surface area contributed by atoms with Gasteiger partial charge in [0, 0.05) is 18.2 Å². The molecule has 1 fully saturated rings. The third-order valence-corrected chi connectivity index (χ3v) is 5.74. The Labute approximate surface area is 160 Å². The van der Waals surface area contributed by atoms with Crippen LogP contribution < -0.4 is 14.8 Å². The van der Waals surface area contributed by atoms with Crippen molar-refractivity contribution in [2.24, 2.45) is 0 Å². The molecule has 142 valence electrons. The molecule has 1 saturated heterocycles. The third kappa shape index (κ3) is 3.34. The fourth-order valence-electron chi connectivity index (χ4n) is 4.37. The number of hydrogen-bond acceptors (Lipinski definition) is 3. The van der Waals surface area contributed by atoms with Crippen LogP contribution in [0.2, 0.25) is 0 Å². The summed E-state index contributed by atoms with van der Waals surface area (Å²) in [5.74, 6) is 1.53. The van der Waals surface area contributed by atoms with Crippen molar-refractivity contribution in [2.75, 3.05) is 20.8 Å². The van der Waals surface area contributed by atoms with Gasteiger partial charge in [0.15, 0.2) is 0 Å². The molecule has 1 aliphatic carbocycles. The van der Waals surface area contributed by atoms with Crippen molar-refractivity contribution in [2.45, 2.75) is 37.8 Å². The molecule has 0 saturated carbocycles. The van der Waals surface area contributed by atoms with Gasteiger partial charge in [-0.15, -0.1) is 0 Å². The normalized spacial score (nSPS) is 21.0. The van der Waals surface area contributed by atoms with Crippen LogP contribution in [-0.2, 0) is 6.42 Å². The lowest BCUT2D eigenvalue weighted by Crippen LogP contribution is -2.40. The first-order valence-corrected chi connectivity index (χ1v) is 9.58. The fourth-order valence-corrected chi connectivity index (χ4v) is 4.37. The van der Waals surface area contributed by atoms with Crippen molar-refractivity contribution in [1.82, 2.24) is 10.2 Å². The highest BCUT2D eigenvalue weighted by Crippen LogP contribution is 2.39. The van der Waals surface area contributed by atoms with Crippen molar-refractivity contribution in [1.29, 1.82) is 0 Å². The molecule has 1 aliphatic heterocycles. The van der Waals surface area contributed by atoms with Crippen LogP contribution >= 0.6 is 0 Å². The molecule has 4 rings (SSSR count). The Morgan fingerprint density at radius 1 is 1.07 bits per heavy atom. The Hall–Kier alpha value is -2.69. The third-order valence-electron chi connectivity index (χ3n) is 5.74. The van der Waals surface area contributed by atoms with Crippen molar-refractivity contribution in [3.8, 4) is 11.5 Å². The molecule has 5 heteroatoms. The molecule has 2 atom stereocenters. The Kier molecular flexibility index (Phi) is 4.92. The van der Waals surface area contributed by atoms with E-state index in [4.69, 9.17) is 9.47 Å². The number of nitrogens with one attached hydrogen (secondary N) is 1. The van der Waals surface area contributed by atoms with Gasteiger partial charge in [-0.2, -0.15) is 0 Å². The Balaban J connectivity index is 1.53. The highest BCUT2D eigenvalue weighted by molar-refractivity contribution is 5.76. The SMILES string of the molecule is COc1ccc(C2CCCN2C(=O)NC2CCc3ccccc32)c(OC)c1. The summed E-state index contributed by atoms with van der Waals surface area (Å²) in [5.41, 5.74) is 3.64. The van der Waals surface area contributed by atoms with Gasteiger partial charge in [0.1, 0.15) is 11.5 Å². The van der Waals surface area contributed by atoms with E-state index in [1.54, 1.807) is 14.2 Å². The summed E-state index contributed by atoms with van der Waals surface area (Å²) in [6, 6.07) is 14.4. The molecule has 5 nitrogen and oxygen atoms in total. The van der Waals surface area contributed by atoms with Crippen LogP contribution in [0.15, 0.2) is 42.5 Å². The van der Waals surface area contributed by atoms with E-state index in [9.17, 15) is 4.79 Å². The zero-order chi connectivity index (χ0) is 18.8. The Morgan fingerprint density at radius 2 is 1.93 bits per heavy atom. The summed E-state index contributed by atoms with van der Waals surface area (Å²) in [4.78, 5) is 15.0. The minimum absolute atomic E-state index is 0.0112. The zero-order valence-electron chi connectivity index (χ0n) is 15.9. The van der Waals surface area contributed by atoms with Crippen molar-refractivity contribution >= 4 is 6.03 Å². The maximum Gasteiger partial charge on any atom is 0.318 e. The average Bonchev–Trinajstić information content (AvgIpc) is 3.35. The predicted octanol–water partition coefficient (Wildman–Crippen LogP) is 4.24. The van der Waals surface area contributed by atoms with Crippen LogP contribution in [0.1, 0.15) is 48.0 Å². The van der Waals surface area contributed by atoms with Gasteiger partial charge >= 0.3 is 6.03 Å². The minimum Gasteiger partial charge on any atom is -0.497 e. The van der Waals surface area contributed by atoms with Gasteiger partial charge in [-0.1, -0.05) is 24.3 Å². The van der Waals surface area contributed by atoms with Crippen LogP contribution in [0.4, 0.5) is 4.79 Å². The van der Waals surface area contributed by atoms with E-state index in [0.29, 0.717) is 0 Å². The molecule has 0 aromatic heterocycles. The highest BCUT2D eigenvalue weighted by Gasteiger charge is 2.34. The zero-order valence-corrected chi connectivity index (χ0v) is 15.9. The minimum atomic E-state index is 0.0112. The van der Waals surface area contributed by atoms with Crippen molar-refractivity contribution < 1.29 is 14.3 Å². The van der Waals surface area contributed by atoms with E-state index < -0.39 is 0 Å². The summed E-state index contributed by atoms with van der Waals surface area (Å²) in [6.45, 7) is 0.764. The number of methoxy groups -OCH3 is 2. The number of ether oxygens (including phenoxy) is 2. The molecular formula is C22H26N2O3. The quantitative estimate of drug-likeness (QED) is 0.881. The first-order valence-electron chi connectivity index (χ1n) is 9.58. The number of aryl methyl sites for hydroxylation is 1. The molecular weight excluding hydrogens is 340 g/mol. The van der Waals surface area contributed by atoms with E-state index in [-0.39, 0.29) is 18.1 Å². The molecule has 2 aromatic carbocycles. The topological polar surface area (TPSA) is 50.8 Å². The highest BCUT2D eigenvalue weighted by atomic mass is 16.5. The van der Waals surface area contributed by atoms with Crippen LogP contribution in [0, 0.1) is 0 Å².